The summed E-state index contributed by atoms with van der Waals surface area (Å²) in [6.45, 7) is 0. The first-order chi connectivity index (χ1) is 12.5. The molecular formula is C19H14Cl2FN3O. The number of carbonyl (C=O) groups excluding carboxylic acids is 1. The molecule has 0 aliphatic heterocycles. The van der Waals surface area contributed by atoms with Crippen molar-refractivity contribution in [1.82, 2.24) is 15.1 Å². The SMILES string of the molecule is O=C(NC1CC1)c1cnn(-c2ccc(Cl)cc2Cl)c1-c1ccc(F)cc1. The Morgan fingerprint density at radius 2 is 1.88 bits per heavy atom. The molecule has 1 aromatic heterocycles. The summed E-state index contributed by atoms with van der Waals surface area (Å²) in [5, 5.41) is 8.22. The third-order valence-electron chi connectivity index (χ3n) is 4.18. The molecule has 132 valence electrons. The van der Waals surface area contributed by atoms with Gasteiger partial charge >= 0.3 is 0 Å². The average molecular weight is 390 g/mol. The molecule has 1 amide bonds. The first kappa shape index (κ1) is 17.1. The quantitative estimate of drug-likeness (QED) is 0.691. The van der Waals surface area contributed by atoms with Gasteiger partial charge in [0.1, 0.15) is 5.82 Å². The summed E-state index contributed by atoms with van der Waals surface area (Å²) in [5.74, 6) is -0.559. The Morgan fingerprint density at radius 1 is 1.15 bits per heavy atom. The lowest BCUT2D eigenvalue weighted by molar-refractivity contribution is 0.0951. The molecule has 0 atom stereocenters. The lowest BCUT2D eigenvalue weighted by Gasteiger charge is -2.12. The Bertz CT molecular complexity index is 981. The zero-order chi connectivity index (χ0) is 18.3. The van der Waals surface area contributed by atoms with Crippen molar-refractivity contribution < 1.29 is 9.18 Å². The molecule has 0 bridgehead atoms. The van der Waals surface area contributed by atoms with E-state index >= 15 is 0 Å². The van der Waals surface area contributed by atoms with E-state index in [1.54, 1.807) is 35.0 Å². The third kappa shape index (κ3) is 3.32. The number of amides is 1. The van der Waals surface area contributed by atoms with E-state index in [2.05, 4.69) is 10.4 Å². The van der Waals surface area contributed by atoms with Crippen LogP contribution < -0.4 is 5.32 Å². The molecule has 0 saturated heterocycles. The number of carbonyl (C=O) groups is 1. The van der Waals surface area contributed by atoms with Gasteiger partial charge in [-0.25, -0.2) is 9.07 Å². The second kappa shape index (κ2) is 6.74. The molecule has 1 heterocycles. The Balaban J connectivity index is 1.86. The summed E-state index contributed by atoms with van der Waals surface area (Å²) in [6.07, 6.45) is 3.46. The van der Waals surface area contributed by atoms with Crippen LogP contribution in [0.25, 0.3) is 16.9 Å². The van der Waals surface area contributed by atoms with E-state index in [1.165, 1.54) is 18.3 Å². The topological polar surface area (TPSA) is 46.9 Å². The van der Waals surface area contributed by atoms with Crippen LogP contribution in [0.4, 0.5) is 4.39 Å². The van der Waals surface area contributed by atoms with Crippen LogP contribution in [0.15, 0.2) is 48.7 Å². The van der Waals surface area contributed by atoms with Crippen LogP contribution in [0.5, 0.6) is 0 Å². The number of hydrogen-bond acceptors (Lipinski definition) is 2. The number of halogens is 3. The zero-order valence-corrected chi connectivity index (χ0v) is 15.1. The number of nitrogens with zero attached hydrogens (tertiary/aromatic N) is 2. The van der Waals surface area contributed by atoms with E-state index in [0.717, 1.165) is 12.8 Å². The molecule has 4 rings (SSSR count). The minimum atomic E-state index is -0.353. The van der Waals surface area contributed by atoms with Crippen LogP contribution in [0.1, 0.15) is 23.2 Å². The lowest BCUT2D eigenvalue weighted by atomic mass is 10.1. The van der Waals surface area contributed by atoms with Gasteiger partial charge < -0.3 is 5.32 Å². The largest absolute Gasteiger partial charge is 0.349 e. The van der Waals surface area contributed by atoms with Crippen molar-refractivity contribution in [2.24, 2.45) is 0 Å². The molecular weight excluding hydrogens is 376 g/mol. The highest BCUT2D eigenvalue weighted by Crippen LogP contribution is 2.32. The van der Waals surface area contributed by atoms with Gasteiger partial charge in [0.05, 0.1) is 28.2 Å². The van der Waals surface area contributed by atoms with Crippen molar-refractivity contribution in [3.8, 4) is 16.9 Å². The third-order valence-corrected chi connectivity index (χ3v) is 4.72. The van der Waals surface area contributed by atoms with Crippen LogP contribution >= 0.6 is 23.2 Å². The van der Waals surface area contributed by atoms with E-state index in [-0.39, 0.29) is 17.8 Å². The summed E-state index contributed by atoms with van der Waals surface area (Å²) in [5.41, 5.74) is 2.21. The molecule has 1 saturated carbocycles. The second-order valence-corrected chi connectivity index (χ2v) is 7.01. The fraction of sp³-hybridized carbons (Fsp3) is 0.158. The molecule has 0 spiro atoms. The molecule has 1 N–H and O–H groups in total. The molecule has 1 aliphatic rings. The van der Waals surface area contributed by atoms with Gasteiger partial charge in [0.15, 0.2) is 0 Å². The fourth-order valence-electron chi connectivity index (χ4n) is 2.73. The number of nitrogens with one attached hydrogen (secondary N) is 1. The first-order valence-corrected chi connectivity index (χ1v) is 8.89. The average Bonchev–Trinajstić information content (AvgIpc) is 3.31. The van der Waals surface area contributed by atoms with Gasteiger partial charge in [0.25, 0.3) is 5.91 Å². The van der Waals surface area contributed by atoms with Crippen molar-refractivity contribution in [1.29, 1.82) is 0 Å². The van der Waals surface area contributed by atoms with E-state index in [1.807, 2.05) is 0 Å². The number of aromatic nitrogens is 2. The Kier molecular flexibility index (Phi) is 4.42. The molecule has 4 nitrogen and oxygen atoms in total. The summed E-state index contributed by atoms with van der Waals surface area (Å²) >= 11 is 12.3. The van der Waals surface area contributed by atoms with E-state index in [4.69, 9.17) is 23.2 Å². The molecule has 1 aliphatic carbocycles. The highest BCUT2D eigenvalue weighted by Gasteiger charge is 2.27. The lowest BCUT2D eigenvalue weighted by Crippen LogP contribution is -2.25. The fourth-order valence-corrected chi connectivity index (χ4v) is 3.22. The maximum absolute atomic E-state index is 13.4. The Labute approximate surface area is 159 Å². The Hall–Kier alpha value is -2.37. The number of hydrogen-bond donors (Lipinski definition) is 1. The van der Waals surface area contributed by atoms with Crippen LogP contribution in [0.2, 0.25) is 10.0 Å². The maximum atomic E-state index is 13.4. The predicted molar refractivity (Wildman–Crippen MR) is 99.5 cm³/mol. The van der Waals surface area contributed by atoms with E-state index < -0.39 is 0 Å². The predicted octanol–water partition coefficient (Wildman–Crippen LogP) is 4.88. The van der Waals surface area contributed by atoms with Crippen molar-refractivity contribution in [3.05, 3.63) is 70.1 Å². The van der Waals surface area contributed by atoms with E-state index in [9.17, 15) is 9.18 Å². The maximum Gasteiger partial charge on any atom is 0.255 e. The molecule has 1 fully saturated rings. The molecule has 2 aromatic carbocycles. The zero-order valence-electron chi connectivity index (χ0n) is 13.5. The highest BCUT2D eigenvalue weighted by molar-refractivity contribution is 6.35. The summed E-state index contributed by atoms with van der Waals surface area (Å²) < 4.78 is 14.9. The van der Waals surface area contributed by atoms with Gasteiger partial charge in [-0.3, -0.25) is 4.79 Å². The summed E-state index contributed by atoms with van der Waals surface area (Å²) in [6, 6.07) is 11.2. The summed E-state index contributed by atoms with van der Waals surface area (Å²) in [7, 11) is 0. The normalized spacial score (nSPS) is 13.7. The molecule has 26 heavy (non-hydrogen) atoms. The van der Waals surface area contributed by atoms with Gasteiger partial charge in [0, 0.05) is 16.6 Å². The van der Waals surface area contributed by atoms with Crippen LogP contribution in [0.3, 0.4) is 0 Å². The first-order valence-electron chi connectivity index (χ1n) is 8.13. The van der Waals surface area contributed by atoms with Gasteiger partial charge in [-0.1, -0.05) is 23.2 Å². The van der Waals surface area contributed by atoms with Crippen molar-refractivity contribution >= 4 is 29.1 Å². The smallest absolute Gasteiger partial charge is 0.255 e. The van der Waals surface area contributed by atoms with Crippen molar-refractivity contribution in [2.45, 2.75) is 18.9 Å². The Morgan fingerprint density at radius 3 is 2.54 bits per heavy atom. The van der Waals surface area contributed by atoms with Crippen LogP contribution in [-0.2, 0) is 0 Å². The monoisotopic (exact) mass is 389 g/mol. The van der Waals surface area contributed by atoms with Crippen molar-refractivity contribution in [2.75, 3.05) is 0 Å². The van der Waals surface area contributed by atoms with Gasteiger partial charge in [0.2, 0.25) is 0 Å². The molecule has 3 aromatic rings. The van der Waals surface area contributed by atoms with E-state index in [0.29, 0.717) is 32.6 Å². The van der Waals surface area contributed by atoms with Crippen LogP contribution in [0, 0.1) is 5.82 Å². The standard InChI is InChI=1S/C19H14Cl2FN3O/c20-12-3-8-17(16(21)9-12)25-18(11-1-4-13(22)5-2-11)15(10-23-25)19(26)24-14-6-7-14/h1-5,8-10,14H,6-7H2,(H,24,26). The van der Waals surface area contributed by atoms with Crippen LogP contribution in [-0.4, -0.2) is 21.7 Å². The van der Waals surface area contributed by atoms with Gasteiger partial charge in [-0.15, -0.1) is 0 Å². The summed E-state index contributed by atoms with van der Waals surface area (Å²) in [4.78, 5) is 12.6. The second-order valence-electron chi connectivity index (χ2n) is 6.17. The highest BCUT2D eigenvalue weighted by atomic mass is 35.5. The number of benzene rings is 2. The van der Waals surface area contributed by atoms with Gasteiger partial charge in [-0.2, -0.15) is 5.10 Å². The minimum Gasteiger partial charge on any atom is -0.349 e. The minimum absolute atomic E-state index is 0.205. The number of rotatable bonds is 4. The van der Waals surface area contributed by atoms with Crippen molar-refractivity contribution in [3.63, 3.8) is 0 Å². The molecule has 7 heteroatoms. The van der Waals surface area contributed by atoms with Gasteiger partial charge in [-0.05, 0) is 55.3 Å². The molecule has 0 unspecified atom stereocenters. The molecule has 0 radical (unpaired) electrons.